The van der Waals surface area contributed by atoms with Crippen LogP contribution in [-0.2, 0) is 6.54 Å². The second-order valence-corrected chi connectivity index (χ2v) is 7.48. The lowest BCUT2D eigenvalue weighted by Crippen LogP contribution is -2.35. The number of hydrogen-bond acceptors (Lipinski definition) is 4. The first-order chi connectivity index (χ1) is 8.85. The van der Waals surface area contributed by atoms with E-state index in [0.717, 1.165) is 26.6 Å². The van der Waals surface area contributed by atoms with Gasteiger partial charge in [-0.05, 0) is 45.4 Å². The van der Waals surface area contributed by atoms with Crippen LogP contribution in [0.15, 0.2) is 22.7 Å². The molecule has 2 rings (SSSR count). The Kier molecular flexibility index (Phi) is 4.38. The number of nitrogens with one attached hydrogen (secondary N) is 1. The first-order valence-corrected chi connectivity index (χ1v) is 7.80. The van der Waals surface area contributed by atoms with Crippen LogP contribution in [0.3, 0.4) is 0 Å². The van der Waals surface area contributed by atoms with Crippen molar-refractivity contribution in [1.82, 2.24) is 15.5 Å². The molecule has 0 radical (unpaired) electrons. The van der Waals surface area contributed by atoms with Crippen molar-refractivity contribution in [2.45, 2.75) is 39.8 Å². The smallest absolute Gasteiger partial charge is 0.147 e. The first kappa shape index (κ1) is 14.6. The van der Waals surface area contributed by atoms with Crippen LogP contribution in [0, 0.1) is 6.92 Å². The van der Waals surface area contributed by atoms with Gasteiger partial charge in [0.15, 0.2) is 0 Å². The lowest BCUT2D eigenvalue weighted by molar-refractivity contribution is 0.423. The molecule has 5 heteroatoms. The molecule has 1 heterocycles. The van der Waals surface area contributed by atoms with E-state index in [0.29, 0.717) is 0 Å². The Morgan fingerprint density at radius 2 is 2.00 bits per heavy atom. The molecule has 1 aromatic heterocycles. The molecule has 0 aliphatic carbocycles. The standard InChI is InChI=1S/C14H18BrN3S/c1-9-7-10(5-6-11(9)15)13-18-17-12(19-13)8-16-14(2,3)4/h5-7,16H,8H2,1-4H3. The molecule has 0 unspecified atom stereocenters. The predicted molar refractivity (Wildman–Crippen MR) is 84.4 cm³/mol. The van der Waals surface area contributed by atoms with E-state index in [2.05, 4.69) is 77.3 Å². The Morgan fingerprint density at radius 1 is 1.26 bits per heavy atom. The fraction of sp³-hybridized carbons (Fsp3) is 0.429. The van der Waals surface area contributed by atoms with Crippen molar-refractivity contribution in [3.05, 3.63) is 33.2 Å². The van der Waals surface area contributed by atoms with Crippen molar-refractivity contribution < 1.29 is 0 Å². The fourth-order valence-corrected chi connectivity index (χ4v) is 2.58. The monoisotopic (exact) mass is 339 g/mol. The molecule has 3 nitrogen and oxygen atoms in total. The minimum Gasteiger partial charge on any atom is -0.306 e. The van der Waals surface area contributed by atoms with Crippen molar-refractivity contribution in [3.8, 4) is 10.6 Å². The molecule has 2 aromatic rings. The van der Waals surface area contributed by atoms with E-state index in [1.165, 1.54) is 5.56 Å². The maximum atomic E-state index is 4.27. The number of hydrogen-bond donors (Lipinski definition) is 1. The summed E-state index contributed by atoms with van der Waals surface area (Å²) in [5.74, 6) is 0. The molecule has 19 heavy (non-hydrogen) atoms. The van der Waals surface area contributed by atoms with Gasteiger partial charge >= 0.3 is 0 Å². The van der Waals surface area contributed by atoms with Crippen molar-refractivity contribution in [3.63, 3.8) is 0 Å². The Bertz CT molecular complexity index is 572. The van der Waals surface area contributed by atoms with Crippen molar-refractivity contribution in [2.24, 2.45) is 0 Å². The molecule has 0 atom stereocenters. The molecule has 0 saturated heterocycles. The molecule has 0 bridgehead atoms. The van der Waals surface area contributed by atoms with Gasteiger partial charge in [-0.2, -0.15) is 0 Å². The molecule has 1 aromatic carbocycles. The highest BCUT2D eigenvalue weighted by atomic mass is 79.9. The molecule has 102 valence electrons. The van der Waals surface area contributed by atoms with Gasteiger partial charge in [0.05, 0.1) is 6.54 Å². The molecule has 0 aliphatic heterocycles. The number of aryl methyl sites for hydroxylation is 1. The third-order valence-electron chi connectivity index (χ3n) is 2.64. The van der Waals surface area contributed by atoms with Crippen LogP contribution >= 0.6 is 27.3 Å². The number of halogens is 1. The molecular formula is C14H18BrN3S. The molecule has 0 aliphatic rings. The highest BCUT2D eigenvalue weighted by molar-refractivity contribution is 9.10. The summed E-state index contributed by atoms with van der Waals surface area (Å²) in [7, 11) is 0. The normalized spacial score (nSPS) is 11.8. The van der Waals surface area contributed by atoms with Crippen LogP contribution in [0.5, 0.6) is 0 Å². The molecule has 1 N–H and O–H groups in total. The Morgan fingerprint density at radius 3 is 2.63 bits per heavy atom. The molecule has 0 saturated carbocycles. The van der Waals surface area contributed by atoms with Crippen molar-refractivity contribution >= 4 is 27.3 Å². The van der Waals surface area contributed by atoms with Gasteiger partial charge < -0.3 is 5.32 Å². The highest BCUT2D eigenvalue weighted by Crippen LogP contribution is 2.27. The van der Waals surface area contributed by atoms with Gasteiger partial charge in [0.2, 0.25) is 0 Å². The molecule has 0 amide bonds. The van der Waals surface area contributed by atoms with Crippen LogP contribution in [0.2, 0.25) is 0 Å². The average molecular weight is 340 g/mol. The van der Waals surface area contributed by atoms with Gasteiger partial charge in [0, 0.05) is 15.6 Å². The maximum absolute atomic E-state index is 4.27. The van der Waals surface area contributed by atoms with Crippen molar-refractivity contribution in [1.29, 1.82) is 0 Å². The van der Waals surface area contributed by atoms with E-state index in [1.807, 2.05) is 0 Å². The predicted octanol–water partition coefficient (Wildman–Crippen LogP) is 4.16. The number of rotatable bonds is 3. The van der Waals surface area contributed by atoms with E-state index >= 15 is 0 Å². The van der Waals surface area contributed by atoms with Gasteiger partial charge in [-0.15, -0.1) is 10.2 Å². The van der Waals surface area contributed by atoms with E-state index in [4.69, 9.17) is 0 Å². The summed E-state index contributed by atoms with van der Waals surface area (Å²) < 4.78 is 1.12. The summed E-state index contributed by atoms with van der Waals surface area (Å²) in [6, 6.07) is 6.25. The number of benzene rings is 1. The number of aromatic nitrogens is 2. The molecular weight excluding hydrogens is 322 g/mol. The SMILES string of the molecule is Cc1cc(-c2nnc(CNC(C)(C)C)s2)ccc1Br. The van der Waals surface area contributed by atoms with Crippen LogP contribution < -0.4 is 5.32 Å². The summed E-state index contributed by atoms with van der Waals surface area (Å²) in [6.07, 6.45) is 0. The van der Waals surface area contributed by atoms with E-state index < -0.39 is 0 Å². The highest BCUT2D eigenvalue weighted by Gasteiger charge is 2.12. The average Bonchev–Trinajstić information content (AvgIpc) is 2.78. The van der Waals surface area contributed by atoms with Crippen LogP contribution in [0.25, 0.3) is 10.6 Å². The lowest BCUT2D eigenvalue weighted by atomic mass is 10.1. The third-order valence-corrected chi connectivity index (χ3v) is 4.50. The lowest BCUT2D eigenvalue weighted by Gasteiger charge is -2.19. The third kappa shape index (κ3) is 4.09. The summed E-state index contributed by atoms with van der Waals surface area (Å²) in [4.78, 5) is 0. The zero-order valence-corrected chi connectivity index (χ0v) is 14.0. The van der Waals surface area contributed by atoms with Crippen molar-refractivity contribution in [2.75, 3.05) is 0 Å². The van der Waals surface area contributed by atoms with Gasteiger partial charge in [-0.25, -0.2) is 0 Å². The Balaban J connectivity index is 2.14. The molecule has 0 fully saturated rings. The Hall–Kier alpha value is -0.780. The Labute approximate surface area is 126 Å². The van der Waals surface area contributed by atoms with Gasteiger partial charge in [-0.3, -0.25) is 0 Å². The van der Waals surface area contributed by atoms with E-state index in [-0.39, 0.29) is 5.54 Å². The fourth-order valence-electron chi connectivity index (χ4n) is 1.56. The quantitative estimate of drug-likeness (QED) is 0.912. The summed E-state index contributed by atoms with van der Waals surface area (Å²) in [5.41, 5.74) is 2.43. The summed E-state index contributed by atoms with van der Waals surface area (Å²) in [6.45, 7) is 9.28. The zero-order valence-electron chi connectivity index (χ0n) is 11.6. The van der Waals surface area contributed by atoms with E-state index in [9.17, 15) is 0 Å². The van der Waals surface area contributed by atoms with E-state index in [1.54, 1.807) is 11.3 Å². The topological polar surface area (TPSA) is 37.8 Å². The first-order valence-electron chi connectivity index (χ1n) is 6.19. The van der Waals surface area contributed by atoms with Crippen LogP contribution in [0.4, 0.5) is 0 Å². The minimum atomic E-state index is 0.0973. The zero-order chi connectivity index (χ0) is 14.0. The van der Waals surface area contributed by atoms with Crippen LogP contribution in [0.1, 0.15) is 31.3 Å². The van der Waals surface area contributed by atoms with Gasteiger partial charge in [0.25, 0.3) is 0 Å². The molecule has 0 spiro atoms. The second kappa shape index (κ2) is 5.69. The maximum Gasteiger partial charge on any atom is 0.147 e. The summed E-state index contributed by atoms with van der Waals surface area (Å²) in [5, 5.41) is 13.9. The number of nitrogens with zero attached hydrogens (tertiary/aromatic N) is 2. The minimum absolute atomic E-state index is 0.0973. The van der Waals surface area contributed by atoms with Gasteiger partial charge in [0.1, 0.15) is 10.0 Å². The largest absolute Gasteiger partial charge is 0.306 e. The summed E-state index contributed by atoms with van der Waals surface area (Å²) >= 11 is 5.15. The van der Waals surface area contributed by atoms with Gasteiger partial charge in [-0.1, -0.05) is 33.3 Å². The van der Waals surface area contributed by atoms with Crippen LogP contribution in [-0.4, -0.2) is 15.7 Å². The second-order valence-electron chi connectivity index (χ2n) is 5.57.